The minimum Gasteiger partial charge on any atom is -0.507 e. The Morgan fingerprint density at radius 2 is 1.73 bits per heavy atom. The van der Waals surface area contributed by atoms with Crippen molar-refractivity contribution in [2.45, 2.75) is 32.4 Å². The van der Waals surface area contributed by atoms with Crippen molar-refractivity contribution in [3.63, 3.8) is 0 Å². The van der Waals surface area contributed by atoms with E-state index >= 15 is 0 Å². The molecule has 1 aliphatic rings. The van der Waals surface area contributed by atoms with Crippen LogP contribution in [0.3, 0.4) is 0 Å². The molecule has 33 heavy (non-hydrogen) atoms. The molecule has 0 radical (unpaired) electrons. The van der Waals surface area contributed by atoms with Gasteiger partial charge in [-0.3, -0.25) is 9.69 Å². The molecule has 1 amide bonds. The smallest absolute Gasteiger partial charge is 0.258 e. The molecule has 0 saturated carbocycles. The molecular weight excluding hydrogens is 419 g/mol. The summed E-state index contributed by atoms with van der Waals surface area (Å²) >= 11 is 0. The number of carbonyl (C=O) groups is 1. The van der Waals surface area contributed by atoms with Crippen LogP contribution >= 0.6 is 0 Å². The lowest BCUT2D eigenvalue weighted by molar-refractivity contribution is 0.0958. The van der Waals surface area contributed by atoms with Gasteiger partial charge in [0.2, 0.25) is 0 Å². The maximum Gasteiger partial charge on any atom is 0.258 e. The van der Waals surface area contributed by atoms with E-state index in [0.717, 1.165) is 37.1 Å². The van der Waals surface area contributed by atoms with Gasteiger partial charge in [-0.25, -0.2) is 4.39 Å². The van der Waals surface area contributed by atoms with E-state index in [1.54, 1.807) is 25.3 Å². The molecule has 1 heterocycles. The van der Waals surface area contributed by atoms with Gasteiger partial charge in [-0.05, 0) is 62.2 Å². The summed E-state index contributed by atoms with van der Waals surface area (Å²) in [6.07, 6.45) is 1.57. The number of nitrogens with zero attached hydrogens (tertiary/aromatic N) is 2. The van der Waals surface area contributed by atoms with Crippen LogP contribution in [-0.2, 0) is 6.54 Å². The van der Waals surface area contributed by atoms with Crippen molar-refractivity contribution in [2.24, 2.45) is 0 Å². The average molecular weight is 449 g/mol. The van der Waals surface area contributed by atoms with Crippen molar-refractivity contribution in [1.29, 1.82) is 0 Å². The van der Waals surface area contributed by atoms with Crippen molar-refractivity contribution in [3.05, 3.63) is 89.2 Å². The number of rotatable bonds is 6. The zero-order valence-corrected chi connectivity index (χ0v) is 19.0. The predicted molar refractivity (Wildman–Crippen MR) is 127 cm³/mol. The molecule has 6 heteroatoms. The molecule has 0 aromatic heterocycles. The number of anilines is 1. The third-order valence-electron chi connectivity index (χ3n) is 6.23. The lowest BCUT2D eigenvalue weighted by Gasteiger charge is -2.38. The van der Waals surface area contributed by atoms with E-state index in [-0.39, 0.29) is 23.5 Å². The Hall–Kier alpha value is -3.38. The predicted octanol–water partition coefficient (Wildman–Crippen LogP) is 5.16. The SMILES string of the molecule is COc1ccc(CN2CCC(N(C(=O)c3ccc(C)cc3)c3ccc(F)cc3)CC2)c(O)c1. The molecule has 1 aliphatic heterocycles. The topological polar surface area (TPSA) is 53.0 Å². The first-order valence-corrected chi connectivity index (χ1v) is 11.2. The number of amides is 1. The molecule has 3 aromatic carbocycles. The summed E-state index contributed by atoms with van der Waals surface area (Å²) in [6.45, 7) is 4.19. The molecule has 1 N–H and O–H groups in total. The first kappa shape index (κ1) is 22.8. The van der Waals surface area contributed by atoms with Gasteiger partial charge in [0.05, 0.1) is 7.11 Å². The Morgan fingerprint density at radius 1 is 1.06 bits per heavy atom. The van der Waals surface area contributed by atoms with Crippen molar-refractivity contribution < 1.29 is 19.0 Å². The monoisotopic (exact) mass is 448 g/mol. The van der Waals surface area contributed by atoms with E-state index in [4.69, 9.17) is 4.74 Å². The van der Waals surface area contributed by atoms with Gasteiger partial charge < -0.3 is 14.7 Å². The standard InChI is InChI=1S/C27H29FN2O3/c1-19-3-5-20(6-4-19)27(32)30(23-10-8-22(28)9-11-23)24-13-15-29(16-14-24)18-21-7-12-25(33-2)17-26(21)31/h3-12,17,24,31H,13-16,18H2,1-2H3. The number of aryl methyl sites for hydroxylation is 1. The summed E-state index contributed by atoms with van der Waals surface area (Å²) in [7, 11) is 1.57. The lowest BCUT2D eigenvalue weighted by atomic mass is 9.99. The highest BCUT2D eigenvalue weighted by molar-refractivity contribution is 6.06. The van der Waals surface area contributed by atoms with Gasteiger partial charge in [-0.2, -0.15) is 0 Å². The summed E-state index contributed by atoms with van der Waals surface area (Å²) in [6, 6.07) is 19.0. The molecule has 0 unspecified atom stereocenters. The Kier molecular flexibility index (Phi) is 6.94. The van der Waals surface area contributed by atoms with Gasteiger partial charge in [0.25, 0.3) is 5.91 Å². The summed E-state index contributed by atoms with van der Waals surface area (Å²) in [5, 5.41) is 10.3. The summed E-state index contributed by atoms with van der Waals surface area (Å²) < 4.78 is 18.7. The first-order chi connectivity index (χ1) is 15.9. The van der Waals surface area contributed by atoms with Gasteiger partial charge in [0.1, 0.15) is 17.3 Å². The van der Waals surface area contributed by atoms with E-state index < -0.39 is 0 Å². The van der Waals surface area contributed by atoms with Crippen LogP contribution in [0.25, 0.3) is 0 Å². The molecule has 0 bridgehead atoms. The number of ether oxygens (including phenoxy) is 1. The second-order valence-electron chi connectivity index (χ2n) is 8.52. The number of phenols is 1. The quantitative estimate of drug-likeness (QED) is 0.566. The number of aromatic hydroxyl groups is 1. The summed E-state index contributed by atoms with van der Waals surface area (Å²) in [5.74, 6) is 0.446. The molecule has 4 rings (SSSR count). The normalized spacial score (nSPS) is 14.8. The van der Waals surface area contributed by atoms with Gasteiger partial charge in [-0.15, -0.1) is 0 Å². The minimum absolute atomic E-state index is 0.00461. The first-order valence-electron chi connectivity index (χ1n) is 11.2. The average Bonchev–Trinajstić information content (AvgIpc) is 2.83. The molecule has 1 fully saturated rings. The van der Waals surface area contributed by atoms with Gasteiger partial charge in [0.15, 0.2) is 0 Å². The largest absolute Gasteiger partial charge is 0.507 e. The molecule has 0 atom stereocenters. The van der Waals surface area contributed by atoms with Crippen LogP contribution < -0.4 is 9.64 Å². The van der Waals surface area contributed by atoms with Crippen LogP contribution in [0.15, 0.2) is 66.7 Å². The molecular formula is C27H29FN2O3. The van der Waals surface area contributed by atoms with E-state index in [9.17, 15) is 14.3 Å². The van der Waals surface area contributed by atoms with Crippen molar-refractivity contribution >= 4 is 11.6 Å². The molecule has 0 aliphatic carbocycles. The summed E-state index contributed by atoms with van der Waals surface area (Å²) in [5.41, 5.74) is 3.26. The maximum absolute atomic E-state index is 13.6. The zero-order valence-electron chi connectivity index (χ0n) is 19.0. The van der Waals surface area contributed by atoms with Crippen LogP contribution in [0.1, 0.15) is 34.3 Å². The fourth-order valence-electron chi connectivity index (χ4n) is 4.31. The number of hydrogen-bond donors (Lipinski definition) is 1. The number of hydrogen-bond acceptors (Lipinski definition) is 4. The second-order valence-corrected chi connectivity index (χ2v) is 8.52. The number of piperidine rings is 1. The van der Waals surface area contributed by atoms with Crippen LogP contribution in [0.5, 0.6) is 11.5 Å². The van der Waals surface area contributed by atoms with Gasteiger partial charge >= 0.3 is 0 Å². The van der Waals surface area contributed by atoms with Crippen LogP contribution in [0.4, 0.5) is 10.1 Å². The molecule has 5 nitrogen and oxygen atoms in total. The van der Waals surface area contributed by atoms with Crippen LogP contribution in [-0.4, -0.2) is 42.2 Å². The Morgan fingerprint density at radius 3 is 2.33 bits per heavy atom. The highest BCUT2D eigenvalue weighted by Gasteiger charge is 2.30. The third-order valence-corrected chi connectivity index (χ3v) is 6.23. The fraction of sp³-hybridized carbons (Fsp3) is 0.296. The second kappa shape index (κ2) is 10.0. The number of carbonyl (C=O) groups excluding carboxylic acids is 1. The van der Waals surface area contributed by atoms with Crippen molar-refractivity contribution in [1.82, 2.24) is 4.90 Å². The Labute approximate surface area is 194 Å². The molecule has 172 valence electrons. The zero-order chi connectivity index (χ0) is 23.4. The highest BCUT2D eigenvalue weighted by Crippen LogP contribution is 2.29. The van der Waals surface area contributed by atoms with Gasteiger partial charge in [0, 0.05) is 48.6 Å². The molecule has 3 aromatic rings. The lowest BCUT2D eigenvalue weighted by Crippen LogP contribution is -2.47. The van der Waals surface area contributed by atoms with Crippen LogP contribution in [0, 0.1) is 12.7 Å². The van der Waals surface area contributed by atoms with Crippen molar-refractivity contribution in [2.75, 3.05) is 25.1 Å². The Bertz CT molecular complexity index is 1090. The van der Waals surface area contributed by atoms with Crippen LogP contribution in [0.2, 0.25) is 0 Å². The van der Waals surface area contributed by atoms with Crippen molar-refractivity contribution in [3.8, 4) is 11.5 Å². The van der Waals surface area contributed by atoms with E-state index in [0.29, 0.717) is 23.5 Å². The van der Waals surface area contributed by atoms with Gasteiger partial charge in [-0.1, -0.05) is 23.8 Å². The number of phenolic OH excluding ortho intramolecular Hbond substituents is 1. The molecule has 1 saturated heterocycles. The molecule has 0 spiro atoms. The fourth-order valence-corrected chi connectivity index (χ4v) is 4.31. The number of benzene rings is 3. The third kappa shape index (κ3) is 5.34. The number of likely N-dealkylation sites (tertiary alicyclic amines) is 1. The number of methoxy groups -OCH3 is 1. The van der Waals surface area contributed by atoms with E-state index in [1.165, 1.54) is 12.1 Å². The minimum atomic E-state index is -0.324. The van der Waals surface area contributed by atoms with E-state index in [2.05, 4.69) is 4.90 Å². The Balaban J connectivity index is 1.50. The number of halogens is 1. The summed E-state index contributed by atoms with van der Waals surface area (Å²) in [4.78, 5) is 17.6. The van der Waals surface area contributed by atoms with E-state index in [1.807, 2.05) is 48.2 Å². The highest BCUT2D eigenvalue weighted by atomic mass is 19.1. The maximum atomic E-state index is 13.6.